The van der Waals surface area contributed by atoms with E-state index in [0.717, 1.165) is 0 Å². The fourth-order valence-corrected chi connectivity index (χ4v) is 2.40. The van der Waals surface area contributed by atoms with Crippen LogP contribution in [0.4, 0.5) is 4.39 Å². The molecule has 114 valence electrons. The van der Waals surface area contributed by atoms with Crippen molar-refractivity contribution in [3.05, 3.63) is 52.6 Å². The molecule has 1 aromatic carbocycles. The Hall–Kier alpha value is -2.76. The lowest BCUT2D eigenvalue weighted by atomic mass is 9.92. The average Bonchev–Trinajstić information content (AvgIpc) is 2.45. The van der Waals surface area contributed by atoms with E-state index in [9.17, 15) is 19.1 Å². The first-order valence-electron chi connectivity index (χ1n) is 6.46. The number of aromatic carboxylic acids is 1. The van der Waals surface area contributed by atoms with Crippen LogP contribution in [0.2, 0.25) is 0 Å². The van der Waals surface area contributed by atoms with Gasteiger partial charge in [0, 0.05) is 11.1 Å². The number of hydrogen-bond acceptors (Lipinski definition) is 4. The molecule has 2 aromatic rings. The smallest absolute Gasteiger partial charge is 0.340 e. The zero-order valence-electron chi connectivity index (χ0n) is 12.3. The van der Waals surface area contributed by atoms with Crippen LogP contribution in [0.25, 0.3) is 11.1 Å². The number of methoxy groups -OCH3 is 1. The van der Waals surface area contributed by atoms with E-state index >= 15 is 0 Å². The maximum atomic E-state index is 14.2. The molecule has 0 aliphatic heterocycles. The summed E-state index contributed by atoms with van der Waals surface area (Å²) in [6.45, 7) is 3.05. The number of esters is 1. The second-order valence-corrected chi connectivity index (χ2v) is 4.68. The fourth-order valence-electron chi connectivity index (χ4n) is 2.40. The van der Waals surface area contributed by atoms with Crippen LogP contribution in [0.1, 0.15) is 32.1 Å². The van der Waals surface area contributed by atoms with Gasteiger partial charge < -0.3 is 9.84 Å². The molecule has 0 saturated heterocycles. The van der Waals surface area contributed by atoms with Crippen molar-refractivity contribution in [1.82, 2.24) is 4.98 Å². The molecule has 1 aromatic heterocycles. The molecular formula is C16H14FNO4. The number of benzene rings is 1. The highest BCUT2D eigenvalue weighted by atomic mass is 19.1. The maximum absolute atomic E-state index is 14.2. The Morgan fingerprint density at radius 1 is 1.14 bits per heavy atom. The number of halogens is 1. The molecule has 0 aliphatic rings. The molecule has 0 radical (unpaired) electrons. The second-order valence-electron chi connectivity index (χ2n) is 4.68. The molecule has 1 N–H and O–H groups in total. The van der Waals surface area contributed by atoms with Gasteiger partial charge in [-0.05, 0) is 19.9 Å². The molecule has 0 saturated carbocycles. The zero-order valence-corrected chi connectivity index (χ0v) is 12.3. The molecule has 2 rings (SSSR count). The van der Waals surface area contributed by atoms with Gasteiger partial charge in [0.25, 0.3) is 0 Å². The SMILES string of the molecule is COC(=O)c1c(C)nc(C)c(C(=O)O)c1-c1ccccc1F. The Morgan fingerprint density at radius 2 is 1.73 bits per heavy atom. The molecule has 5 nitrogen and oxygen atoms in total. The van der Waals surface area contributed by atoms with E-state index in [1.165, 1.54) is 32.2 Å². The summed E-state index contributed by atoms with van der Waals surface area (Å²) in [5.41, 5.74) is 0.242. The third kappa shape index (κ3) is 2.55. The van der Waals surface area contributed by atoms with Crippen LogP contribution in [0, 0.1) is 19.7 Å². The van der Waals surface area contributed by atoms with Crippen molar-refractivity contribution in [1.29, 1.82) is 0 Å². The summed E-state index contributed by atoms with van der Waals surface area (Å²) in [6, 6.07) is 5.67. The first kappa shape index (κ1) is 15.6. The van der Waals surface area contributed by atoms with Gasteiger partial charge in [0.1, 0.15) is 5.82 Å². The summed E-state index contributed by atoms with van der Waals surface area (Å²) in [6.07, 6.45) is 0. The zero-order chi connectivity index (χ0) is 16.4. The molecule has 0 amide bonds. The normalized spacial score (nSPS) is 10.4. The van der Waals surface area contributed by atoms with Crippen LogP contribution in [0.15, 0.2) is 24.3 Å². The van der Waals surface area contributed by atoms with Gasteiger partial charge in [-0.1, -0.05) is 18.2 Å². The van der Waals surface area contributed by atoms with Crippen LogP contribution < -0.4 is 0 Å². The van der Waals surface area contributed by atoms with E-state index in [1.807, 2.05) is 0 Å². The second kappa shape index (κ2) is 5.93. The minimum atomic E-state index is -1.28. The lowest BCUT2D eigenvalue weighted by Gasteiger charge is -2.16. The number of aromatic nitrogens is 1. The highest BCUT2D eigenvalue weighted by molar-refractivity contribution is 6.06. The Morgan fingerprint density at radius 3 is 2.27 bits per heavy atom. The number of carboxylic acid groups (broad SMARTS) is 1. The molecule has 0 bridgehead atoms. The number of rotatable bonds is 3. The summed E-state index contributed by atoms with van der Waals surface area (Å²) in [5.74, 6) is -2.67. The number of ether oxygens (including phenoxy) is 1. The third-order valence-corrected chi connectivity index (χ3v) is 3.31. The maximum Gasteiger partial charge on any atom is 0.340 e. The van der Waals surface area contributed by atoms with Crippen molar-refractivity contribution in [2.45, 2.75) is 13.8 Å². The molecule has 6 heteroatoms. The first-order valence-corrected chi connectivity index (χ1v) is 6.46. The number of aryl methyl sites for hydroxylation is 2. The molecule has 0 fully saturated rings. The van der Waals surface area contributed by atoms with E-state index in [2.05, 4.69) is 4.98 Å². The minimum absolute atomic E-state index is 0.0116. The van der Waals surface area contributed by atoms with Crippen molar-refractivity contribution in [3.8, 4) is 11.1 Å². The van der Waals surface area contributed by atoms with E-state index < -0.39 is 17.8 Å². The Kier molecular flexibility index (Phi) is 4.21. The largest absolute Gasteiger partial charge is 0.478 e. The molecule has 0 spiro atoms. The van der Waals surface area contributed by atoms with Crippen LogP contribution in [0.3, 0.4) is 0 Å². The Bertz CT molecular complexity index is 771. The van der Waals surface area contributed by atoms with Gasteiger partial charge in [-0.2, -0.15) is 0 Å². The van der Waals surface area contributed by atoms with Crippen LogP contribution >= 0.6 is 0 Å². The molecule has 0 aliphatic carbocycles. The van der Waals surface area contributed by atoms with Gasteiger partial charge in [-0.25, -0.2) is 14.0 Å². The van der Waals surface area contributed by atoms with Crippen molar-refractivity contribution in [3.63, 3.8) is 0 Å². The monoisotopic (exact) mass is 303 g/mol. The van der Waals surface area contributed by atoms with Crippen molar-refractivity contribution in [2.24, 2.45) is 0 Å². The summed E-state index contributed by atoms with van der Waals surface area (Å²) in [7, 11) is 1.17. The van der Waals surface area contributed by atoms with Gasteiger partial charge in [-0.3, -0.25) is 4.98 Å². The molecule has 0 atom stereocenters. The number of pyridine rings is 1. The Balaban J connectivity index is 2.98. The number of carboxylic acids is 1. The van der Waals surface area contributed by atoms with E-state index in [-0.39, 0.29) is 33.6 Å². The molecular weight excluding hydrogens is 289 g/mol. The number of hydrogen-bond donors (Lipinski definition) is 1. The Labute approximate surface area is 126 Å². The van der Waals surface area contributed by atoms with E-state index in [1.54, 1.807) is 13.0 Å². The van der Waals surface area contributed by atoms with Gasteiger partial charge in [0.05, 0.1) is 29.6 Å². The van der Waals surface area contributed by atoms with Gasteiger partial charge in [0.2, 0.25) is 0 Å². The van der Waals surface area contributed by atoms with Crippen molar-refractivity contribution < 1.29 is 23.8 Å². The van der Waals surface area contributed by atoms with Gasteiger partial charge >= 0.3 is 11.9 Å². The fraction of sp³-hybridized carbons (Fsp3) is 0.188. The molecule has 1 heterocycles. The first-order chi connectivity index (χ1) is 10.4. The predicted molar refractivity (Wildman–Crippen MR) is 77.4 cm³/mol. The van der Waals surface area contributed by atoms with Gasteiger partial charge in [0.15, 0.2) is 0 Å². The van der Waals surface area contributed by atoms with Crippen LogP contribution in [-0.2, 0) is 4.74 Å². The van der Waals surface area contributed by atoms with Crippen molar-refractivity contribution in [2.75, 3.05) is 7.11 Å². The highest BCUT2D eigenvalue weighted by Gasteiger charge is 2.27. The van der Waals surface area contributed by atoms with Gasteiger partial charge in [-0.15, -0.1) is 0 Å². The minimum Gasteiger partial charge on any atom is -0.478 e. The standard InChI is InChI=1S/C16H14FNO4/c1-8-12(15(19)20)14(10-6-4-5-7-11(10)17)13(9(2)18-8)16(21)22-3/h4-7H,1-3H3,(H,19,20). The van der Waals surface area contributed by atoms with Crippen LogP contribution in [0.5, 0.6) is 0 Å². The summed E-state index contributed by atoms with van der Waals surface area (Å²) in [4.78, 5) is 27.7. The molecule has 0 unspecified atom stereocenters. The van der Waals surface area contributed by atoms with Crippen LogP contribution in [-0.4, -0.2) is 29.1 Å². The lowest BCUT2D eigenvalue weighted by molar-refractivity contribution is 0.0600. The third-order valence-electron chi connectivity index (χ3n) is 3.31. The summed E-state index contributed by atoms with van der Waals surface area (Å²) < 4.78 is 18.9. The van der Waals surface area contributed by atoms with Crippen molar-refractivity contribution >= 4 is 11.9 Å². The lowest BCUT2D eigenvalue weighted by Crippen LogP contribution is -2.15. The number of carbonyl (C=O) groups excluding carboxylic acids is 1. The highest BCUT2D eigenvalue weighted by Crippen LogP contribution is 2.33. The summed E-state index contributed by atoms with van der Waals surface area (Å²) in [5, 5.41) is 9.45. The topological polar surface area (TPSA) is 76.5 Å². The number of nitrogens with zero attached hydrogens (tertiary/aromatic N) is 1. The number of carbonyl (C=O) groups is 2. The quantitative estimate of drug-likeness (QED) is 0.882. The predicted octanol–water partition coefficient (Wildman–Crippen LogP) is 2.99. The van der Waals surface area contributed by atoms with E-state index in [4.69, 9.17) is 4.74 Å². The van der Waals surface area contributed by atoms with E-state index in [0.29, 0.717) is 0 Å². The summed E-state index contributed by atoms with van der Waals surface area (Å²) >= 11 is 0. The molecule has 22 heavy (non-hydrogen) atoms. The average molecular weight is 303 g/mol.